The minimum Gasteiger partial charge on any atom is -0.347 e. The highest BCUT2D eigenvalue weighted by Gasteiger charge is 2.13. The van der Waals surface area contributed by atoms with Crippen molar-refractivity contribution in [3.05, 3.63) is 53.3 Å². The van der Waals surface area contributed by atoms with Gasteiger partial charge in [-0.15, -0.1) is 11.8 Å². The van der Waals surface area contributed by atoms with E-state index < -0.39 is 5.91 Å². The number of rotatable bonds is 4. The van der Waals surface area contributed by atoms with Crippen LogP contribution in [0.15, 0.2) is 47.5 Å². The normalized spacial score (nSPS) is 10.3. The Morgan fingerprint density at radius 3 is 2.65 bits per heavy atom. The standard InChI is InChI=1S/C14H13ClN2O2S/c1-17-8-4-6-11(17)14(19)16-13(18)9-20-12-7-3-2-5-10(12)15/h2-8H,9H2,1H3,(H,16,18,19). The number of aryl methyl sites for hydroxylation is 1. The number of hydrogen-bond acceptors (Lipinski definition) is 3. The minimum atomic E-state index is -0.401. The van der Waals surface area contributed by atoms with Crippen molar-refractivity contribution in [2.45, 2.75) is 4.90 Å². The SMILES string of the molecule is Cn1cccc1C(=O)NC(=O)CSc1ccccc1Cl. The molecule has 0 bridgehead atoms. The van der Waals surface area contributed by atoms with Crippen LogP contribution in [0.4, 0.5) is 0 Å². The summed E-state index contributed by atoms with van der Waals surface area (Å²) in [5.41, 5.74) is 0.445. The molecule has 0 spiro atoms. The van der Waals surface area contributed by atoms with Gasteiger partial charge in [0, 0.05) is 18.1 Å². The van der Waals surface area contributed by atoms with E-state index in [0.717, 1.165) is 4.90 Å². The summed E-state index contributed by atoms with van der Waals surface area (Å²) in [6.45, 7) is 0. The fraction of sp³-hybridized carbons (Fsp3) is 0.143. The molecule has 0 aliphatic heterocycles. The van der Waals surface area contributed by atoms with Gasteiger partial charge in [0.2, 0.25) is 5.91 Å². The average Bonchev–Trinajstić information content (AvgIpc) is 2.84. The van der Waals surface area contributed by atoms with Gasteiger partial charge < -0.3 is 4.57 Å². The van der Waals surface area contributed by atoms with E-state index in [9.17, 15) is 9.59 Å². The second-order valence-corrected chi connectivity index (χ2v) is 5.53. The molecule has 2 aromatic rings. The third-order valence-electron chi connectivity index (χ3n) is 2.62. The molecule has 1 aromatic heterocycles. The van der Waals surface area contributed by atoms with Crippen LogP contribution in [0.2, 0.25) is 5.02 Å². The van der Waals surface area contributed by atoms with Gasteiger partial charge in [-0.3, -0.25) is 14.9 Å². The summed E-state index contributed by atoms with van der Waals surface area (Å²) in [4.78, 5) is 24.4. The average molecular weight is 309 g/mol. The Balaban J connectivity index is 1.89. The van der Waals surface area contributed by atoms with E-state index in [1.54, 1.807) is 36.0 Å². The second-order valence-electron chi connectivity index (χ2n) is 4.10. The number of hydrogen-bond donors (Lipinski definition) is 1. The van der Waals surface area contributed by atoms with E-state index in [4.69, 9.17) is 11.6 Å². The number of halogens is 1. The molecular weight excluding hydrogens is 296 g/mol. The monoisotopic (exact) mass is 308 g/mol. The Morgan fingerprint density at radius 1 is 1.25 bits per heavy atom. The Labute approximate surface area is 126 Å². The fourth-order valence-electron chi connectivity index (χ4n) is 1.63. The van der Waals surface area contributed by atoms with Crippen LogP contribution in [0, 0.1) is 0 Å². The number of amides is 2. The van der Waals surface area contributed by atoms with E-state index in [-0.39, 0.29) is 11.7 Å². The maximum absolute atomic E-state index is 11.8. The van der Waals surface area contributed by atoms with Gasteiger partial charge in [-0.2, -0.15) is 0 Å². The van der Waals surface area contributed by atoms with Gasteiger partial charge in [-0.1, -0.05) is 23.7 Å². The maximum atomic E-state index is 11.8. The highest BCUT2D eigenvalue weighted by Crippen LogP contribution is 2.26. The number of thioether (sulfide) groups is 1. The summed E-state index contributed by atoms with van der Waals surface area (Å²) in [6, 6.07) is 10.7. The van der Waals surface area contributed by atoms with Crippen molar-refractivity contribution in [3.8, 4) is 0 Å². The quantitative estimate of drug-likeness (QED) is 0.884. The number of imide groups is 1. The van der Waals surface area contributed by atoms with Gasteiger partial charge in [-0.25, -0.2) is 0 Å². The summed E-state index contributed by atoms with van der Waals surface area (Å²) >= 11 is 7.29. The third-order valence-corrected chi connectivity index (χ3v) is 4.14. The molecule has 6 heteroatoms. The first kappa shape index (κ1) is 14.7. The van der Waals surface area contributed by atoms with Crippen LogP contribution < -0.4 is 5.32 Å². The zero-order chi connectivity index (χ0) is 14.5. The largest absolute Gasteiger partial charge is 0.347 e. The number of benzene rings is 1. The van der Waals surface area contributed by atoms with Gasteiger partial charge in [0.05, 0.1) is 10.8 Å². The molecule has 2 rings (SSSR count). The second kappa shape index (κ2) is 6.63. The maximum Gasteiger partial charge on any atom is 0.274 e. The lowest BCUT2D eigenvalue weighted by atomic mass is 10.4. The number of nitrogens with zero attached hydrogens (tertiary/aromatic N) is 1. The minimum absolute atomic E-state index is 0.139. The molecular formula is C14H13ClN2O2S. The Hall–Kier alpha value is -1.72. The van der Waals surface area contributed by atoms with E-state index in [0.29, 0.717) is 10.7 Å². The van der Waals surface area contributed by atoms with E-state index in [2.05, 4.69) is 5.32 Å². The predicted octanol–water partition coefficient (Wildman–Crippen LogP) is 2.73. The van der Waals surface area contributed by atoms with Crippen LogP contribution in [-0.2, 0) is 11.8 Å². The first-order valence-corrected chi connectivity index (χ1v) is 7.27. The molecule has 104 valence electrons. The molecule has 0 saturated carbocycles. The van der Waals surface area contributed by atoms with Crippen LogP contribution in [0.1, 0.15) is 10.5 Å². The molecule has 0 radical (unpaired) electrons. The first-order valence-electron chi connectivity index (χ1n) is 5.91. The number of carbonyl (C=O) groups excluding carboxylic acids is 2. The molecule has 0 atom stereocenters. The molecule has 1 aromatic carbocycles. The summed E-state index contributed by atoms with van der Waals surface area (Å²) in [5, 5.41) is 2.95. The molecule has 1 heterocycles. The van der Waals surface area contributed by atoms with Crippen molar-refractivity contribution in [1.82, 2.24) is 9.88 Å². The highest BCUT2D eigenvalue weighted by molar-refractivity contribution is 8.00. The molecule has 0 aliphatic carbocycles. The number of nitrogens with one attached hydrogen (secondary N) is 1. The predicted molar refractivity (Wildman–Crippen MR) is 80.1 cm³/mol. The van der Waals surface area contributed by atoms with Crippen molar-refractivity contribution in [3.63, 3.8) is 0 Å². The lowest BCUT2D eigenvalue weighted by molar-refractivity contribution is -0.117. The van der Waals surface area contributed by atoms with Gasteiger partial charge >= 0.3 is 0 Å². The van der Waals surface area contributed by atoms with Crippen molar-refractivity contribution in [1.29, 1.82) is 0 Å². The van der Waals surface area contributed by atoms with E-state index in [1.807, 2.05) is 18.2 Å². The molecule has 0 saturated heterocycles. The summed E-state index contributed by atoms with van der Waals surface area (Å²) in [5.74, 6) is -0.608. The van der Waals surface area contributed by atoms with Crippen molar-refractivity contribution in [2.24, 2.45) is 7.05 Å². The van der Waals surface area contributed by atoms with Gasteiger partial charge in [0.25, 0.3) is 5.91 Å². The van der Waals surface area contributed by atoms with Crippen LogP contribution in [0.5, 0.6) is 0 Å². The molecule has 2 amide bonds. The summed E-state index contributed by atoms with van der Waals surface area (Å²) in [7, 11) is 1.75. The molecule has 1 N–H and O–H groups in total. The van der Waals surface area contributed by atoms with Crippen LogP contribution in [0.25, 0.3) is 0 Å². The van der Waals surface area contributed by atoms with E-state index >= 15 is 0 Å². The molecule has 0 unspecified atom stereocenters. The van der Waals surface area contributed by atoms with Crippen molar-refractivity contribution >= 4 is 35.2 Å². The van der Waals surface area contributed by atoms with Gasteiger partial charge in [-0.05, 0) is 24.3 Å². The number of aromatic nitrogens is 1. The fourth-order valence-corrected chi connectivity index (χ4v) is 2.67. The topological polar surface area (TPSA) is 51.1 Å². The zero-order valence-corrected chi connectivity index (χ0v) is 12.4. The summed E-state index contributed by atoms with van der Waals surface area (Å²) < 4.78 is 1.66. The molecule has 4 nitrogen and oxygen atoms in total. The third kappa shape index (κ3) is 3.65. The lowest BCUT2D eigenvalue weighted by Gasteiger charge is -2.06. The Kier molecular flexibility index (Phi) is 4.87. The zero-order valence-electron chi connectivity index (χ0n) is 10.8. The lowest BCUT2D eigenvalue weighted by Crippen LogP contribution is -2.32. The van der Waals surface area contributed by atoms with Gasteiger partial charge in [0.15, 0.2) is 0 Å². The highest BCUT2D eigenvalue weighted by atomic mass is 35.5. The van der Waals surface area contributed by atoms with Crippen LogP contribution in [0.3, 0.4) is 0 Å². The van der Waals surface area contributed by atoms with Gasteiger partial charge in [0.1, 0.15) is 5.69 Å². The Morgan fingerprint density at radius 2 is 2.00 bits per heavy atom. The summed E-state index contributed by atoms with van der Waals surface area (Å²) in [6.07, 6.45) is 1.75. The number of carbonyl (C=O) groups is 2. The first-order chi connectivity index (χ1) is 9.58. The van der Waals surface area contributed by atoms with E-state index in [1.165, 1.54) is 11.8 Å². The van der Waals surface area contributed by atoms with Crippen molar-refractivity contribution < 1.29 is 9.59 Å². The molecule has 0 fully saturated rings. The Bertz CT molecular complexity index is 640. The smallest absolute Gasteiger partial charge is 0.274 e. The van der Waals surface area contributed by atoms with Crippen molar-refractivity contribution in [2.75, 3.05) is 5.75 Å². The molecule has 20 heavy (non-hydrogen) atoms. The van der Waals surface area contributed by atoms with Crippen LogP contribution >= 0.6 is 23.4 Å². The molecule has 0 aliphatic rings. The van der Waals surface area contributed by atoms with Crippen LogP contribution in [-0.4, -0.2) is 22.1 Å².